The van der Waals surface area contributed by atoms with Crippen molar-refractivity contribution >= 4 is 35.0 Å². The topological polar surface area (TPSA) is 58.2 Å². The van der Waals surface area contributed by atoms with Crippen molar-refractivity contribution in [2.24, 2.45) is 0 Å². The maximum absolute atomic E-state index is 11.1. The van der Waals surface area contributed by atoms with Crippen molar-refractivity contribution in [2.75, 3.05) is 24.8 Å². The van der Waals surface area contributed by atoms with Crippen LogP contribution in [0.3, 0.4) is 0 Å². The van der Waals surface area contributed by atoms with Crippen molar-refractivity contribution in [1.82, 2.24) is 10.6 Å². The fourth-order valence-electron chi connectivity index (χ4n) is 1.04. The molecular formula is C10H18Cl2N2O2. The van der Waals surface area contributed by atoms with Crippen LogP contribution in [0.4, 0.5) is 0 Å². The zero-order valence-corrected chi connectivity index (χ0v) is 10.7. The van der Waals surface area contributed by atoms with E-state index in [2.05, 4.69) is 10.6 Å². The molecule has 0 spiro atoms. The summed E-state index contributed by atoms with van der Waals surface area (Å²) in [6.07, 6.45) is 2.22. The molecular weight excluding hydrogens is 251 g/mol. The van der Waals surface area contributed by atoms with Crippen LogP contribution in [0.2, 0.25) is 0 Å². The Labute approximate surface area is 106 Å². The number of carbonyl (C=O) groups excluding carboxylic acids is 2. The van der Waals surface area contributed by atoms with Gasteiger partial charge in [0.15, 0.2) is 0 Å². The van der Waals surface area contributed by atoms with Gasteiger partial charge in [-0.25, -0.2) is 0 Å². The quantitative estimate of drug-likeness (QED) is 0.489. The molecule has 0 aliphatic rings. The Kier molecular flexibility index (Phi) is 10.7. The standard InChI is InChI=1S/C10H18Cl2N2O2/c11-5-1-3-9(15)13-7-8-14-10(16)4-2-6-12/h1-8H2,(H,13,15)(H,14,16). The van der Waals surface area contributed by atoms with Crippen molar-refractivity contribution < 1.29 is 9.59 Å². The van der Waals surface area contributed by atoms with Gasteiger partial charge in [-0.15, -0.1) is 23.2 Å². The van der Waals surface area contributed by atoms with E-state index in [-0.39, 0.29) is 11.8 Å². The fourth-order valence-corrected chi connectivity index (χ4v) is 1.30. The van der Waals surface area contributed by atoms with E-state index in [9.17, 15) is 9.59 Å². The maximum Gasteiger partial charge on any atom is 0.220 e. The van der Waals surface area contributed by atoms with Crippen LogP contribution in [0, 0.1) is 0 Å². The van der Waals surface area contributed by atoms with Gasteiger partial charge in [0.05, 0.1) is 0 Å². The van der Waals surface area contributed by atoms with E-state index in [0.29, 0.717) is 50.5 Å². The van der Waals surface area contributed by atoms with Crippen molar-refractivity contribution in [1.29, 1.82) is 0 Å². The minimum absolute atomic E-state index is 0.0318. The summed E-state index contributed by atoms with van der Waals surface area (Å²) in [4.78, 5) is 22.2. The minimum Gasteiger partial charge on any atom is -0.354 e. The highest BCUT2D eigenvalue weighted by molar-refractivity contribution is 6.18. The number of hydrogen-bond acceptors (Lipinski definition) is 2. The first-order valence-corrected chi connectivity index (χ1v) is 6.43. The van der Waals surface area contributed by atoms with Crippen molar-refractivity contribution in [3.63, 3.8) is 0 Å². The summed E-state index contributed by atoms with van der Waals surface area (Å²) in [5.74, 6) is 0.914. The average molecular weight is 269 g/mol. The second kappa shape index (κ2) is 11.0. The third kappa shape index (κ3) is 10.1. The van der Waals surface area contributed by atoms with Crippen LogP contribution in [0.25, 0.3) is 0 Å². The van der Waals surface area contributed by atoms with Crippen molar-refractivity contribution in [3.05, 3.63) is 0 Å². The van der Waals surface area contributed by atoms with Gasteiger partial charge >= 0.3 is 0 Å². The minimum atomic E-state index is -0.0318. The SMILES string of the molecule is O=C(CCCCl)NCCNC(=O)CCCCl. The Morgan fingerprint density at radius 3 is 1.50 bits per heavy atom. The first kappa shape index (κ1) is 15.5. The van der Waals surface area contributed by atoms with Crippen LogP contribution in [0.1, 0.15) is 25.7 Å². The summed E-state index contributed by atoms with van der Waals surface area (Å²) >= 11 is 10.9. The van der Waals surface area contributed by atoms with Gasteiger partial charge in [0.2, 0.25) is 11.8 Å². The van der Waals surface area contributed by atoms with E-state index in [1.165, 1.54) is 0 Å². The van der Waals surface area contributed by atoms with E-state index in [4.69, 9.17) is 23.2 Å². The Bertz CT molecular complexity index is 191. The molecule has 0 heterocycles. The molecule has 16 heavy (non-hydrogen) atoms. The van der Waals surface area contributed by atoms with E-state index >= 15 is 0 Å². The molecule has 0 aromatic rings. The molecule has 4 nitrogen and oxygen atoms in total. The predicted octanol–water partition coefficient (Wildman–Crippen LogP) is 1.26. The molecule has 6 heteroatoms. The van der Waals surface area contributed by atoms with Crippen LogP contribution >= 0.6 is 23.2 Å². The first-order valence-electron chi connectivity index (χ1n) is 5.36. The van der Waals surface area contributed by atoms with Gasteiger partial charge in [0, 0.05) is 37.7 Å². The zero-order chi connectivity index (χ0) is 12.2. The highest BCUT2D eigenvalue weighted by Crippen LogP contribution is 1.91. The Balaban J connectivity index is 3.31. The molecule has 0 saturated heterocycles. The van der Waals surface area contributed by atoms with Crippen LogP contribution < -0.4 is 10.6 Å². The highest BCUT2D eigenvalue weighted by atomic mass is 35.5. The van der Waals surface area contributed by atoms with Gasteiger partial charge in [-0.3, -0.25) is 9.59 Å². The van der Waals surface area contributed by atoms with E-state index in [1.807, 2.05) is 0 Å². The number of hydrogen-bond donors (Lipinski definition) is 2. The molecule has 0 aromatic carbocycles. The van der Waals surface area contributed by atoms with Gasteiger partial charge in [0.1, 0.15) is 0 Å². The second-order valence-electron chi connectivity index (χ2n) is 3.28. The molecule has 0 unspecified atom stereocenters. The maximum atomic E-state index is 11.1. The molecule has 0 bridgehead atoms. The summed E-state index contributed by atoms with van der Waals surface area (Å²) < 4.78 is 0. The third-order valence-corrected chi connectivity index (χ3v) is 2.38. The second-order valence-corrected chi connectivity index (χ2v) is 4.04. The summed E-state index contributed by atoms with van der Waals surface area (Å²) in [6.45, 7) is 0.904. The molecule has 0 radical (unpaired) electrons. The largest absolute Gasteiger partial charge is 0.354 e. The third-order valence-electron chi connectivity index (χ3n) is 1.84. The summed E-state index contributed by atoms with van der Waals surface area (Å²) in [5.41, 5.74) is 0. The fraction of sp³-hybridized carbons (Fsp3) is 0.800. The normalized spacial score (nSPS) is 9.88. The summed E-state index contributed by atoms with van der Waals surface area (Å²) in [5, 5.41) is 5.38. The molecule has 2 amide bonds. The average Bonchev–Trinajstić information content (AvgIpc) is 2.29. The van der Waals surface area contributed by atoms with Gasteiger partial charge in [-0.05, 0) is 12.8 Å². The number of alkyl halides is 2. The van der Waals surface area contributed by atoms with Gasteiger partial charge in [-0.2, -0.15) is 0 Å². The van der Waals surface area contributed by atoms with E-state index in [0.717, 1.165) is 0 Å². The van der Waals surface area contributed by atoms with Crippen molar-refractivity contribution in [3.8, 4) is 0 Å². The van der Waals surface area contributed by atoms with Crippen LogP contribution in [0.15, 0.2) is 0 Å². The lowest BCUT2D eigenvalue weighted by atomic mass is 10.3. The zero-order valence-electron chi connectivity index (χ0n) is 9.23. The summed E-state index contributed by atoms with van der Waals surface area (Å²) in [7, 11) is 0. The molecule has 0 aliphatic heterocycles. The van der Waals surface area contributed by atoms with Crippen LogP contribution in [0.5, 0.6) is 0 Å². The lowest BCUT2D eigenvalue weighted by Crippen LogP contribution is -2.34. The molecule has 0 fully saturated rings. The number of nitrogens with one attached hydrogen (secondary N) is 2. The molecule has 94 valence electrons. The Morgan fingerprint density at radius 1 is 0.812 bits per heavy atom. The summed E-state index contributed by atoms with van der Waals surface area (Å²) in [6, 6.07) is 0. The molecule has 2 N–H and O–H groups in total. The molecule has 0 rings (SSSR count). The van der Waals surface area contributed by atoms with Crippen molar-refractivity contribution in [2.45, 2.75) is 25.7 Å². The first-order chi connectivity index (χ1) is 7.70. The predicted molar refractivity (Wildman–Crippen MR) is 65.9 cm³/mol. The lowest BCUT2D eigenvalue weighted by Gasteiger charge is -2.06. The van der Waals surface area contributed by atoms with Crippen LogP contribution in [-0.4, -0.2) is 36.7 Å². The van der Waals surface area contributed by atoms with E-state index < -0.39 is 0 Å². The molecule has 0 aromatic heterocycles. The lowest BCUT2D eigenvalue weighted by molar-refractivity contribution is -0.122. The number of carbonyl (C=O) groups is 2. The monoisotopic (exact) mass is 268 g/mol. The Morgan fingerprint density at radius 2 is 1.19 bits per heavy atom. The van der Waals surface area contributed by atoms with Crippen LogP contribution in [-0.2, 0) is 9.59 Å². The number of amides is 2. The molecule has 0 aliphatic carbocycles. The van der Waals surface area contributed by atoms with Gasteiger partial charge in [-0.1, -0.05) is 0 Å². The Hall–Kier alpha value is -0.480. The molecule has 0 saturated carbocycles. The smallest absolute Gasteiger partial charge is 0.220 e. The molecule has 0 atom stereocenters. The number of halogens is 2. The highest BCUT2D eigenvalue weighted by Gasteiger charge is 2.01. The van der Waals surface area contributed by atoms with Gasteiger partial charge < -0.3 is 10.6 Å². The van der Waals surface area contributed by atoms with E-state index in [1.54, 1.807) is 0 Å². The van der Waals surface area contributed by atoms with Gasteiger partial charge in [0.25, 0.3) is 0 Å². The number of rotatable bonds is 9.